The molecule has 1 N–H and O–H groups in total. The van der Waals surface area contributed by atoms with E-state index >= 15 is 0 Å². The predicted octanol–water partition coefficient (Wildman–Crippen LogP) is 4.32. The summed E-state index contributed by atoms with van der Waals surface area (Å²) in [4.78, 5) is 29.9. The molecule has 7 nitrogen and oxygen atoms in total. The van der Waals surface area contributed by atoms with E-state index in [4.69, 9.17) is 9.47 Å². The summed E-state index contributed by atoms with van der Waals surface area (Å²) in [5, 5.41) is 12.5. The summed E-state index contributed by atoms with van der Waals surface area (Å²) in [7, 11) is 0. The number of alkyl halides is 1. The number of nitrogens with zero attached hydrogens (tertiary/aromatic N) is 2. The van der Waals surface area contributed by atoms with Crippen LogP contribution in [0, 0.1) is 0 Å². The third-order valence-electron chi connectivity index (χ3n) is 3.44. The van der Waals surface area contributed by atoms with Crippen LogP contribution >= 0.6 is 33.9 Å². The van der Waals surface area contributed by atoms with Crippen LogP contribution in [0.1, 0.15) is 62.6 Å². The first-order valence-electron chi connectivity index (χ1n) is 8.51. The van der Waals surface area contributed by atoms with E-state index < -0.39 is 29.8 Å². The van der Waals surface area contributed by atoms with Gasteiger partial charge in [0.25, 0.3) is 0 Å². The summed E-state index contributed by atoms with van der Waals surface area (Å²) >= 11 is 3.25. The van der Waals surface area contributed by atoms with E-state index in [0.717, 1.165) is 5.57 Å². The number of halogens is 1. The third-order valence-corrected chi connectivity index (χ3v) is 5.12. The second-order valence-corrected chi connectivity index (χ2v) is 8.55. The molecule has 0 fully saturated rings. The Hall–Kier alpha value is -1.20. The molecular weight excluding hydrogens is 483 g/mol. The van der Waals surface area contributed by atoms with Gasteiger partial charge in [-0.25, -0.2) is 14.6 Å². The van der Waals surface area contributed by atoms with Gasteiger partial charge in [0, 0.05) is 11.8 Å². The van der Waals surface area contributed by atoms with Crippen LogP contribution in [-0.2, 0) is 9.47 Å². The maximum absolute atomic E-state index is 12.5. The lowest BCUT2D eigenvalue weighted by atomic mass is 10.0. The van der Waals surface area contributed by atoms with Crippen molar-refractivity contribution in [3.63, 3.8) is 0 Å². The highest BCUT2D eigenvalue weighted by Crippen LogP contribution is 2.28. The lowest BCUT2D eigenvalue weighted by molar-refractivity contribution is 0.0194. The standard InChI is InChI=1S/C18H27IN2O5S/c1-7-25-16(23)12-9-27-15(20-12)14(22)8-13(11(2)3)21(10-19)17(24)26-18(4,5)6/h9,13-14,22H,2,7-8,10H2,1,3-6H3/t13-,14+/m1/s1. The topological polar surface area (TPSA) is 89.0 Å². The molecule has 0 unspecified atom stereocenters. The normalized spacial score (nSPS) is 13.6. The highest BCUT2D eigenvalue weighted by Gasteiger charge is 2.31. The summed E-state index contributed by atoms with van der Waals surface area (Å²) in [6.45, 7) is 13.1. The molecule has 2 atom stereocenters. The Morgan fingerprint density at radius 2 is 2.07 bits per heavy atom. The van der Waals surface area contributed by atoms with Gasteiger partial charge in [-0.1, -0.05) is 34.7 Å². The average Bonchev–Trinajstić information content (AvgIpc) is 3.03. The molecule has 0 aliphatic heterocycles. The molecule has 0 radical (unpaired) electrons. The fourth-order valence-electron chi connectivity index (χ4n) is 2.23. The number of ether oxygens (including phenoxy) is 2. The predicted molar refractivity (Wildman–Crippen MR) is 113 cm³/mol. The van der Waals surface area contributed by atoms with Gasteiger partial charge >= 0.3 is 12.1 Å². The van der Waals surface area contributed by atoms with Crippen molar-refractivity contribution >= 4 is 46.0 Å². The summed E-state index contributed by atoms with van der Waals surface area (Å²) in [5.74, 6) is -0.522. The summed E-state index contributed by atoms with van der Waals surface area (Å²) in [6.07, 6.45) is -1.22. The van der Waals surface area contributed by atoms with Gasteiger partial charge in [-0.2, -0.15) is 0 Å². The minimum Gasteiger partial charge on any atom is -0.461 e. The van der Waals surface area contributed by atoms with Crippen LogP contribution < -0.4 is 0 Å². The minimum absolute atomic E-state index is 0.167. The van der Waals surface area contributed by atoms with E-state index in [1.807, 2.05) is 0 Å². The monoisotopic (exact) mass is 510 g/mol. The maximum Gasteiger partial charge on any atom is 0.411 e. The van der Waals surface area contributed by atoms with Crippen molar-refractivity contribution in [2.24, 2.45) is 0 Å². The Balaban J connectivity index is 2.93. The smallest absolute Gasteiger partial charge is 0.411 e. The quantitative estimate of drug-likeness (QED) is 0.184. The Bertz CT molecular complexity index is 671. The number of aromatic nitrogens is 1. The molecule has 0 saturated carbocycles. The first-order chi connectivity index (χ1) is 12.5. The first-order valence-corrected chi connectivity index (χ1v) is 10.9. The van der Waals surface area contributed by atoms with Crippen molar-refractivity contribution in [3.8, 4) is 0 Å². The van der Waals surface area contributed by atoms with Crippen LogP contribution in [0.15, 0.2) is 17.5 Å². The molecule has 0 bridgehead atoms. The van der Waals surface area contributed by atoms with Crippen molar-refractivity contribution in [3.05, 3.63) is 28.2 Å². The molecule has 0 aliphatic carbocycles. The van der Waals surface area contributed by atoms with E-state index in [9.17, 15) is 14.7 Å². The van der Waals surface area contributed by atoms with E-state index in [-0.39, 0.29) is 18.7 Å². The Morgan fingerprint density at radius 1 is 1.44 bits per heavy atom. The largest absolute Gasteiger partial charge is 0.461 e. The van der Waals surface area contributed by atoms with Crippen LogP contribution in [0.25, 0.3) is 0 Å². The molecule has 1 heterocycles. The Kier molecular flexibility index (Phi) is 9.16. The van der Waals surface area contributed by atoms with Gasteiger partial charge in [0.1, 0.15) is 16.7 Å². The molecule has 1 rings (SSSR count). The number of carbonyl (C=O) groups excluding carboxylic acids is 2. The molecular formula is C18H27IN2O5S. The third kappa shape index (κ3) is 7.38. The van der Waals surface area contributed by atoms with Crippen molar-refractivity contribution in [2.75, 3.05) is 11.2 Å². The average molecular weight is 510 g/mol. The fraction of sp³-hybridized carbons (Fsp3) is 0.611. The molecule has 0 aromatic carbocycles. The number of thiazole rings is 1. The highest BCUT2D eigenvalue weighted by molar-refractivity contribution is 14.1. The van der Waals surface area contributed by atoms with Gasteiger partial charge in [0.15, 0.2) is 5.69 Å². The molecule has 1 aromatic heterocycles. The number of aliphatic hydroxyl groups excluding tert-OH is 1. The fourth-order valence-corrected chi connectivity index (χ4v) is 3.77. The van der Waals surface area contributed by atoms with Crippen molar-refractivity contribution in [2.45, 2.75) is 58.8 Å². The van der Waals surface area contributed by atoms with Crippen LogP contribution in [0.3, 0.4) is 0 Å². The molecule has 1 aromatic rings. The van der Waals surface area contributed by atoms with Crippen LogP contribution in [0.5, 0.6) is 0 Å². The van der Waals surface area contributed by atoms with Crippen molar-refractivity contribution in [1.29, 1.82) is 0 Å². The van der Waals surface area contributed by atoms with Crippen molar-refractivity contribution < 1.29 is 24.2 Å². The number of hydrogen-bond donors (Lipinski definition) is 1. The molecule has 27 heavy (non-hydrogen) atoms. The summed E-state index contributed by atoms with van der Waals surface area (Å²) in [6, 6.07) is -0.429. The zero-order valence-electron chi connectivity index (χ0n) is 16.3. The van der Waals surface area contributed by atoms with Crippen molar-refractivity contribution in [1.82, 2.24) is 9.88 Å². The number of hydrogen-bond acceptors (Lipinski definition) is 7. The van der Waals surface area contributed by atoms with Crippen LogP contribution in [-0.4, -0.2) is 49.9 Å². The minimum atomic E-state index is -0.951. The Labute approximate surface area is 177 Å². The molecule has 152 valence electrons. The van der Waals surface area contributed by atoms with Crippen LogP contribution in [0.4, 0.5) is 4.79 Å². The molecule has 1 amide bonds. The summed E-state index contributed by atoms with van der Waals surface area (Å²) in [5.41, 5.74) is 0.267. The lowest BCUT2D eigenvalue weighted by Crippen LogP contribution is -2.43. The number of carbonyl (C=O) groups is 2. The molecule has 0 aliphatic rings. The van der Waals surface area contributed by atoms with Gasteiger partial charge in [0.05, 0.1) is 17.2 Å². The molecule has 9 heteroatoms. The maximum atomic E-state index is 12.5. The molecule has 0 spiro atoms. The Morgan fingerprint density at radius 3 is 2.56 bits per heavy atom. The van der Waals surface area contributed by atoms with Crippen LogP contribution in [0.2, 0.25) is 0 Å². The van der Waals surface area contributed by atoms with Gasteiger partial charge in [-0.05, 0) is 34.6 Å². The SMILES string of the molecule is C=C(C)[C@@H](C[C@H](O)c1nc(C(=O)OCC)cs1)N(CI)C(=O)OC(C)(C)C. The number of esters is 1. The first kappa shape index (κ1) is 23.8. The van der Waals surface area contributed by atoms with E-state index in [2.05, 4.69) is 34.2 Å². The van der Waals surface area contributed by atoms with Gasteiger partial charge < -0.3 is 14.6 Å². The number of rotatable bonds is 8. The van der Waals surface area contributed by atoms with Gasteiger partial charge in [-0.3, -0.25) is 4.90 Å². The van der Waals surface area contributed by atoms with E-state index in [0.29, 0.717) is 9.56 Å². The van der Waals surface area contributed by atoms with E-state index in [1.54, 1.807) is 40.0 Å². The second kappa shape index (κ2) is 10.4. The highest BCUT2D eigenvalue weighted by atomic mass is 127. The molecule has 0 saturated heterocycles. The lowest BCUT2D eigenvalue weighted by Gasteiger charge is -2.33. The van der Waals surface area contributed by atoms with Gasteiger partial charge in [0.2, 0.25) is 0 Å². The summed E-state index contributed by atoms with van der Waals surface area (Å²) < 4.78 is 10.7. The second-order valence-electron chi connectivity index (χ2n) is 6.97. The number of aliphatic hydroxyl groups is 1. The zero-order valence-corrected chi connectivity index (χ0v) is 19.3. The zero-order chi connectivity index (χ0) is 20.8. The number of amides is 1. The van der Waals surface area contributed by atoms with Gasteiger partial charge in [-0.15, -0.1) is 11.3 Å². The van der Waals surface area contributed by atoms with E-state index in [1.165, 1.54) is 16.2 Å².